The number of nitrogens with one attached hydrogen (secondary N) is 2. The van der Waals surface area contributed by atoms with Gasteiger partial charge in [-0.1, -0.05) is 30.3 Å². The minimum Gasteiger partial charge on any atom is -0.376 e. The summed E-state index contributed by atoms with van der Waals surface area (Å²) in [5.41, 5.74) is -1.08. The Morgan fingerprint density at radius 1 is 0.833 bits per heavy atom. The first kappa shape index (κ1) is 30.1. The van der Waals surface area contributed by atoms with Crippen LogP contribution in [0.1, 0.15) is 60.7 Å². The minimum absolute atomic E-state index is 0.186. The molecule has 1 aromatic carbocycles. The highest BCUT2D eigenvalue weighted by Gasteiger charge is 2.40. The number of H-pyrrole nitrogens is 2. The Labute approximate surface area is 239 Å². The normalized spacial score (nSPS) is 23.3. The molecular formula is C27H33N4O10P. The summed E-state index contributed by atoms with van der Waals surface area (Å²) in [5.74, 6) is -1.60. The maximum absolute atomic E-state index is 14.0. The molecule has 2 aliphatic rings. The molecule has 0 aliphatic carbocycles. The number of hydrogen-bond acceptors (Lipinski definition) is 10. The zero-order valence-electron chi connectivity index (χ0n) is 23.1. The number of aliphatic hydroxyl groups excluding tert-OH is 1. The molecule has 42 heavy (non-hydrogen) atoms. The zero-order valence-corrected chi connectivity index (χ0v) is 24.0. The predicted octanol–water partition coefficient (Wildman–Crippen LogP) is 1.98. The van der Waals surface area contributed by atoms with Crippen molar-refractivity contribution in [3.8, 4) is 0 Å². The Kier molecular flexibility index (Phi) is 8.92. The number of aromatic nitrogens is 4. The van der Waals surface area contributed by atoms with Gasteiger partial charge in [-0.25, -0.2) is 9.59 Å². The van der Waals surface area contributed by atoms with Crippen molar-refractivity contribution in [2.24, 2.45) is 0 Å². The molecule has 0 bridgehead atoms. The number of benzene rings is 1. The van der Waals surface area contributed by atoms with Crippen LogP contribution in [0.5, 0.6) is 0 Å². The molecule has 0 spiro atoms. The highest BCUT2D eigenvalue weighted by Crippen LogP contribution is 2.60. The van der Waals surface area contributed by atoms with Gasteiger partial charge in [0, 0.05) is 23.5 Å². The van der Waals surface area contributed by atoms with Crippen LogP contribution in [0.2, 0.25) is 0 Å². The van der Waals surface area contributed by atoms with E-state index in [1.54, 1.807) is 44.2 Å². The minimum atomic E-state index is -4.20. The van der Waals surface area contributed by atoms with Crippen LogP contribution in [0.4, 0.5) is 0 Å². The third-order valence-electron chi connectivity index (χ3n) is 7.36. The Morgan fingerprint density at radius 2 is 1.29 bits per heavy atom. The van der Waals surface area contributed by atoms with Crippen molar-refractivity contribution < 1.29 is 28.2 Å². The smallest absolute Gasteiger partial charge is 0.363 e. The van der Waals surface area contributed by atoms with E-state index in [-0.39, 0.29) is 13.2 Å². The lowest BCUT2D eigenvalue weighted by Crippen LogP contribution is -2.33. The molecular weight excluding hydrogens is 571 g/mol. The van der Waals surface area contributed by atoms with E-state index < -0.39 is 60.6 Å². The maximum Gasteiger partial charge on any atom is 0.363 e. The molecule has 2 aromatic heterocycles. The van der Waals surface area contributed by atoms with Gasteiger partial charge in [0.15, 0.2) is 5.85 Å². The molecule has 3 N–H and O–H groups in total. The van der Waals surface area contributed by atoms with Crippen molar-refractivity contribution in [3.63, 3.8) is 0 Å². The van der Waals surface area contributed by atoms with Crippen molar-refractivity contribution >= 4 is 7.60 Å². The molecule has 5 rings (SSSR count). The van der Waals surface area contributed by atoms with Crippen molar-refractivity contribution in [2.45, 2.75) is 70.0 Å². The first-order chi connectivity index (χ1) is 20.0. The molecule has 2 saturated heterocycles. The van der Waals surface area contributed by atoms with E-state index in [1.165, 1.54) is 21.5 Å². The van der Waals surface area contributed by atoms with E-state index in [4.69, 9.17) is 18.5 Å². The van der Waals surface area contributed by atoms with Crippen molar-refractivity contribution in [1.82, 2.24) is 19.1 Å². The van der Waals surface area contributed by atoms with Gasteiger partial charge in [0.05, 0.1) is 25.4 Å². The number of aromatic amines is 2. The number of aryl methyl sites for hydroxylation is 2. The highest BCUT2D eigenvalue weighted by atomic mass is 31.2. The molecule has 15 heteroatoms. The average molecular weight is 605 g/mol. The van der Waals surface area contributed by atoms with E-state index in [0.29, 0.717) is 42.4 Å². The first-order valence-corrected chi connectivity index (χ1v) is 15.2. The predicted molar refractivity (Wildman–Crippen MR) is 149 cm³/mol. The second-order valence-electron chi connectivity index (χ2n) is 10.5. The Balaban J connectivity index is 1.26. The van der Waals surface area contributed by atoms with Crippen LogP contribution in [0, 0.1) is 13.8 Å². The number of aliphatic hydroxyl groups is 1. The van der Waals surface area contributed by atoms with Gasteiger partial charge in [-0.05, 0) is 45.1 Å². The summed E-state index contributed by atoms with van der Waals surface area (Å²) < 4.78 is 40.0. The summed E-state index contributed by atoms with van der Waals surface area (Å²) in [6.07, 6.45) is 2.29. The lowest BCUT2D eigenvalue weighted by Gasteiger charge is -2.26. The van der Waals surface area contributed by atoms with Gasteiger partial charge in [0.1, 0.15) is 12.5 Å². The van der Waals surface area contributed by atoms with Crippen LogP contribution >= 0.6 is 7.60 Å². The SMILES string of the molecule is Cc1cn([C@H]2CC[C@@H](COP(=O)(OC[C@@H]3CC[C@H](n4cc(C)c(=O)[nH]c4=O)O3)C(O)c3ccccc3)O2)c(=O)[nH]c1=O. The van der Waals surface area contributed by atoms with Crippen molar-refractivity contribution in [2.75, 3.05) is 13.2 Å². The molecule has 14 nitrogen and oxygen atoms in total. The second-order valence-corrected chi connectivity index (χ2v) is 12.5. The monoisotopic (exact) mass is 604 g/mol. The van der Waals surface area contributed by atoms with E-state index in [1.807, 2.05) is 0 Å². The van der Waals surface area contributed by atoms with Gasteiger partial charge in [0.25, 0.3) is 11.1 Å². The van der Waals surface area contributed by atoms with Crippen LogP contribution in [0.3, 0.4) is 0 Å². The summed E-state index contributed by atoms with van der Waals surface area (Å²) in [7, 11) is -4.20. The molecule has 4 heterocycles. The van der Waals surface area contributed by atoms with E-state index in [9.17, 15) is 28.8 Å². The molecule has 0 saturated carbocycles. The molecule has 2 aliphatic heterocycles. The number of ether oxygens (including phenoxy) is 2. The number of nitrogens with zero attached hydrogens (tertiary/aromatic N) is 2. The fourth-order valence-electron chi connectivity index (χ4n) is 4.99. The van der Waals surface area contributed by atoms with Gasteiger partial charge in [-0.3, -0.25) is 33.3 Å². The molecule has 2 fully saturated rings. The van der Waals surface area contributed by atoms with Crippen LogP contribution < -0.4 is 22.5 Å². The molecule has 0 amide bonds. The van der Waals surface area contributed by atoms with Gasteiger partial charge >= 0.3 is 19.0 Å². The summed E-state index contributed by atoms with van der Waals surface area (Å²) in [4.78, 5) is 52.5. The third kappa shape index (κ3) is 6.48. The summed E-state index contributed by atoms with van der Waals surface area (Å²) in [5, 5.41) is 11.1. The van der Waals surface area contributed by atoms with Crippen LogP contribution in [-0.2, 0) is 23.1 Å². The molecule has 226 valence electrons. The number of hydrogen-bond donors (Lipinski definition) is 3. The summed E-state index contributed by atoms with van der Waals surface area (Å²) >= 11 is 0. The van der Waals surface area contributed by atoms with Crippen molar-refractivity contribution in [1.29, 1.82) is 0 Å². The molecule has 5 atom stereocenters. The molecule has 1 unspecified atom stereocenters. The molecule has 0 radical (unpaired) electrons. The standard InChI is InChI=1S/C27H33N4O10P/c1-16-12-30(26(35)28-23(16)32)21-10-8-19(40-21)14-38-42(37,25(34)18-6-4-3-5-7-18)39-15-20-9-11-22(41-20)31-13-17(2)24(33)29-27(31)36/h3-7,12-13,19-22,25,34H,8-11,14-15H2,1-2H3,(H,28,32,35)(H,29,33,36)/t19-,20-,21+,22+,25?/m0/s1. The number of rotatable bonds is 10. The van der Waals surface area contributed by atoms with Crippen LogP contribution in [-0.4, -0.2) is 49.6 Å². The highest BCUT2D eigenvalue weighted by molar-refractivity contribution is 7.54. The summed E-state index contributed by atoms with van der Waals surface area (Å²) in [6, 6.07) is 8.33. The molecule has 3 aromatic rings. The fraction of sp³-hybridized carbons (Fsp3) is 0.481. The van der Waals surface area contributed by atoms with Gasteiger partial charge in [-0.15, -0.1) is 0 Å². The average Bonchev–Trinajstić information content (AvgIpc) is 3.65. The van der Waals surface area contributed by atoms with E-state index in [0.717, 1.165) is 0 Å². The largest absolute Gasteiger partial charge is 0.376 e. The fourth-order valence-corrected chi connectivity index (χ4v) is 6.63. The van der Waals surface area contributed by atoms with E-state index in [2.05, 4.69) is 9.97 Å². The van der Waals surface area contributed by atoms with Crippen molar-refractivity contribution in [3.05, 3.63) is 101 Å². The Bertz CT molecular complexity index is 1600. The Morgan fingerprint density at radius 3 is 1.74 bits per heavy atom. The lowest BCUT2D eigenvalue weighted by molar-refractivity contribution is -0.0351. The van der Waals surface area contributed by atoms with Gasteiger partial charge in [-0.2, -0.15) is 0 Å². The van der Waals surface area contributed by atoms with Crippen LogP contribution in [0.15, 0.2) is 61.9 Å². The topological polar surface area (TPSA) is 184 Å². The lowest BCUT2D eigenvalue weighted by atomic mass is 10.2. The van der Waals surface area contributed by atoms with Crippen LogP contribution in [0.25, 0.3) is 0 Å². The first-order valence-electron chi connectivity index (χ1n) is 13.6. The van der Waals surface area contributed by atoms with E-state index >= 15 is 0 Å². The summed E-state index contributed by atoms with van der Waals surface area (Å²) in [6.45, 7) is 2.79. The Hall–Kier alpha value is -3.39. The second kappa shape index (κ2) is 12.5. The quantitative estimate of drug-likeness (QED) is 0.289. The van der Waals surface area contributed by atoms with Gasteiger partial charge in [0.2, 0.25) is 0 Å². The third-order valence-corrected chi connectivity index (χ3v) is 9.28. The zero-order chi connectivity index (χ0) is 30.0. The van der Waals surface area contributed by atoms with Gasteiger partial charge < -0.3 is 23.6 Å². The maximum atomic E-state index is 14.0.